The van der Waals surface area contributed by atoms with Gasteiger partial charge < -0.3 is 10.1 Å². The van der Waals surface area contributed by atoms with Gasteiger partial charge in [-0.2, -0.15) is 0 Å². The first-order valence-corrected chi connectivity index (χ1v) is 11.9. The number of carbonyl (C=O) groups is 4. The van der Waals surface area contributed by atoms with Gasteiger partial charge in [0.1, 0.15) is 11.3 Å². The molecule has 4 rings (SSSR count). The van der Waals surface area contributed by atoms with Crippen LogP contribution in [-0.4, -0.2) is 35.3 Å². The Morgan fingerprint density at radius 2 is 1.85 bits per heavy atom. The lowest BCUT2D eigenvalue weighted by Gasteiger charge is -2.26. The monoisotopic (exact) mass is 568 g/mol. The zero-order valence-corrected chi connectivity index (χ0v) is 21.6. The molecular formula is C26H18Cl2N4O7. The topological polar surface area (TPSA) is 148 Å². The maximum atomic E-state index is 13.0. The van der Waals surface area contributed by atoms with Gasteiger partial charge in [0, 0.05) is 22.8 Å². The van der Waals surface area contributed by atoms with Crippen LogP contribution in [0, 0.1) is 17.0 Å². The second-order valence-corrected chi connectivity index (χ2v) is 9.04. The Kier molecular flexibility index (Phi) is 7.93. The maximum Gasteiger partial charge on any atom is 0.335 e. The summed E-state index contributed by atoms with van der Waals surface area (Å²) in [6.07, 6.45) is 1.21. The van der Waals surface area contributed by atoms with Crippen molar-refractivity contribution >= 4 is 70.1 Å². The number of rotatable bonds is 7. The van der Waals surface area contributed by atoms with E-state index in [2.05, 4.69) is 5.32 Å². The molecule has 3 aromatic rings. The van der Waals surface area contributed by atoms with Crippen molar-refractivity contribution in [1.82, 2.24) is 5.32 Å². The van der Waals surface area contributed by atoms with Gasteiger partial charge in [-0.15, -0.1) is 0 Å². The number of nitrogens with one attached hydrogen (secondary N) is 2. The number of hydrogen-bond donors (Lipinski definition) is 2. The molecule has 0 aliphatic carbocycles. The molecule has 0 bridgehead atoms. The van der Waals surface area contributed by atoms with E-state index in [9.17, 15) is 29.3 Å². The average molecular weight is 569 g/mol. The van der Waals surface area contributed by atoms with Crippen LogP contribution in [0.4, 0.5) is 21.9 Å². The fourth-order valence-corrected chi connectivity index (χ4v) is 3.96. The van der Waals surface area contributed by atoms with Crippen molar-refractivity contribution in [3.8, 4) is 5.75 Å². The van der Waals surface area contributed by atoms with Gasteiger partial charge in [0.2, 0.25) is 0 Å². The first-order chi connectivity index (χ1) is 18.5. The number of carbonyl (C=O) groups excluding carboxylic acids is 4. The van der Waals surface area contributed by atoms with E-state index in [0.29, 0.717) is 21.2 Å². The van der Waals surface area contributed by atoms with Crippen LogP contribution in [0.5, 0.6) is 5.75 Å². The Morgan fingerprint density at radius 3 is 2.54 bits per heavy atom. The molecule has 11 nitrogen and oxygen atoms in total. The third kappa shape index (κ3) is 6.22. The van der Waals surface area contributed by atoms with Crippen molar-refractivity contribution in [3.05, 3.63) is 97.5 Å². The average Bonchev–Trinajstić information content (AvgIpc) is 2.88. The molecule has 3 aromatic carbocycles. The van der Waals surface area contributed by atoms with Gasteiger partial charge in [-0.3, -0.25) is 29.8 Å². The molecule has 0 unspecified atom stereocenters. The van der Waals surface area contributed by atoms with Gasteiger partial charge >= 0.3 is 6.03 Å². The van der Waals surface area contributed by atoms with E-state index in [-0.39, 0.29) is 28.8 Å². The highest BCUT2D eigenvalue weighted by molar-refractivity contribution is 6.39. The molecule has 198 valence electrons. The summed E-state index contributed by atoms with van der Waals surface area (Å²) in [5.74, 6) is -2.21. The Labute approximate surface area is 231 Å². The number of urea groups is 1. The van der Waals surface area contributed by atoms with E-state index in [1.165, 1.54) is 42.5 Å². The van der Waals surface area contributed by atoms with Crippen molar-refractivity contribution in [3.63, 3.8) is 0 Å². The van der Waals surface area contributed by atoms with Gasteiger partial charge in [-0.25, -0.2) is 9.69 Å². The summed E-state index contributed by atoms with van der Waals surface area (Å²) in [6.45, 7) is 1.48. The van der Waals surface area contributed by atoms with Gasteiger partial charge in [0.25, 0.3) is 23.4 Å². The van der Waals surface area contributed by atoms with E-state index >= 15 is 0 Å². The van der Waals surface area contributed by atoms with Gasteiger partial charge in [0.15, 0.2) is 6.61 Å². The van der Waals surface area contributed by atoms with Crippen molar-refractivity contribution in [2.24, 2.45) is 0 Å². The molecule has 0 saturated carbocycles. The summed E-state index contributed by atoms with van der Waals surface area (Å²) in [4.78, 5) is 61.1. The Balaban J connectivity index is 1.48. The molecule has 39 heavy (non-hydrogen) atoms. The molecule has 2 N–H and O–H groups in total. The number of anilines is 2. The highest BCUT2D eigenvalue weighted by Crippen LogP contribution is 2.29. The van der Waals surface area contributed by atoms with Crippen molar-refractivity contribution in [2.45, 2.75) is 6.92 Å². The number of imide groups is 2. The second-order valence-electron chi connectivity index (χ2n) is 8.23. The van der Waals surface area contributed by atoms with Crippen LogP contribution in [0.15, 0.2) is 66.2 Å². The number of benzene rings is 3. The first-order valence-electron chi connectivity index (χ1n) is 11.2. The van der Waals surface area contributed by atoms with Crippen molar-refractivity contribution < 1.29 is 28.8 Å². The number of ether oxygens (including phenoxy) is 1. The summed E-state index contributed by atoms with van der Waals surface area (Å²) in [5, 5.41) is 16.4. The normalized spacial score (nSPS) is 14.3. The number of aryl methyl sites for hydroxylation is 1. The van der Waals surface area contributed by atoms with Crippen LogP contribution in [0.2, 0.25) is 10.0 Å². The largest absolute Gasteiger partial charge is 0.482 e. The van der Waals surface area contributed by atoms with Crippen LogP contribution in [0.25, 0.3) is 6.08 Å². The zero-order chi connectivity index (χ0) is 28.3. The van der Waals surface area contributed by atoms with E-state index < -0.39 is 34.2 Å². The van der Waals surface area contributed by atoms with Gasteiger partial charge in [-0.05, 0) is 54.5 Å². The molecule has 0 radical (unpaired) electrons. The minimum atomic E-state index is -1.05. The van der Waals surface area contributed by atoms with Gasteiger partial charge in [-0.1, -0.05) is 41.4 Å². The lowest BCUT2D eigenvalue weighted by molar-refractivity contribution is -0.384. The lowest BCUT2D eigenvalue weighted by atomic mass is 10.1. The number of non-ortho nitro benzene ring substituents is 1. The van der Waals surface area contributed by atoms with Crippen LogP contribution in [-0.2, 0) is 14.4 Å². The predicted molar refractivity (Wildman–Crippen MR) is 144 cm³/mol. The molecule has 5 amide bonds. The molecule has 1 aliphatic rings. The van der Waals surface area contributed by atoms with Gasteiger partial charge in [0.05, 0.1) is 15.6 Å². The second kappa shape index (κ2) is 11.3. The fraction of sp³-hybridized carbons (Fsp3) is 0.0769. The lowest BCUT2D eigenvalue weighted by Crippen LogP contribution is -2.54. The Bertz CT molecular complexity index is 1570. The quantitative estimate of drug-likeness (QED) is 0.178. The molecular weight excluding hydrogens is 551 g/mol. The standard InChI is InChI=1S/C26H18Cl2N4O7/c1-14-5-7-16(11-20(14)27)29-23(33)13-39-22-8-6-15(10-21(22)28)9-19-24(34)30-26(36)31(25(19)35)17-3-2-4-18(12-17)32(37)38/h2-12H,13H2,1H3,(H,29,33)(H,30,34,36)/b19-9-. The third-order valence-corrected chi connectivity index (χ3v) is 6.18. The number of halogens is 2. The minimum absolute atomic E-state index is 0.0851. The molecule has 1 saturated heterocycles. The number of nitrogens with zero attached hydrogens (tertiary/aromatic N) is 2. The number of nitro groups is 1. The van der Waals surface area contributed by atoms with E-state index in [1.54, 1.807) is 18.2 Å². The zero-order valence-electron chi connectivity index (χ0n) is 20.1. The Morgan fingerprint density at radius 1 is 1.08 bits per heavy atom. The van der Waals surface area contributed by atoms with E-state index in [1.807, 2.05) is 12.2 Å². The van der Waals surface area contributed by atoms with Crippen LogP contribution in [0.1, 0.15) is 11.1 Å². The molecule has 0 aromatic heterocycles. The van der Waals surface area contributed by atoms with Crippen LogP contribution < -0.4 is 20.3 Å². The SMILES string of the molecule is Cc1ccc(NC(=O)COc2ccc(/C=C3/C(=O)NC(=O)N(c4cccc([N+](=O)[O-])c4)C3=O)cc2Cl)cc1Cl. The molecule has 13 heteroatoms. The third-order valence-electron chi connectivity index (χ3n) is 5.48. The summed E-state index contributed by atoms with van der Waals surface area (Å²) in [7, 11) is 0. The smallest absolute Gasteiger partial charge is 0.335 e. The van der Waals surface area contributed by atoms with Crippen molar-refractivity contribution in [2.75, 3.05) is 16.8 Å². The molecule has 0 spiro atoms. The summed E-state index contributed by atoms with van der Waals surface area (Å²) in [6, 6.07) is 13.2. The highest BCUT2D eigenvalue weighted by atomic mass is 35.5. The minimum Gasteiger partial charge on any atom is -0.482 e. The maximum absolute atomic E-state index is 13.0. The molecule has 1 aliphatic heterocycles. The van der Waals surface area contributed by atoms with Crippen molar-refractivity contribution in [1.29, 1.82) is 0 Å². The summed E-state index contributed by atoms with van der Waals surface area (Å²) < 4.78 is 5.48. The number of barbiturate groups is 1. The number of nitro benzene ring substituents is 1. The highest BCUT2D eigenvalue weighted by Gasteiger charge is 2.37. The molecule has 1 fully saturated rings. The fourth-order valence-electron chi connectivity index (χ4n) is 3.54. The predicted octanol–water partition coefficient (Wildman–Crippen LogP) is 4.89. The van der Waals surface area contributed by atoms with E-state index in [4.69, 9.17) is 27.9 Å². The first kappa shape index (κ1) is 27.3. The molecule has 1 heterocycles. The summed E-state index contributed by atoms with van der Waals surface area (Å²) >= 11 is 12.3. The number of hydrogen-bond acceptors (Lipinski definition) is 7. The summed E-state index contributed by atoms with van der Waals surface area (Å²) in [5.41, 5.74) is 0.857. The number of amides is 5. The van der Waals surface area contributed by atoms with E-state index in [0.717, 1.165) is 11.6 Å². The van der Waals surface area contributed by atoms with Crippen LogP contribution in [0.3, 0.4) is 0 Å². The molecule has 0 atom stereocenters. The Hall–Kier alpha value is -4.74. The van der Waals surface area contributed by atoms with Crippen LogP contribution >= 0.6 is 23.2 Å².